The minimum atomic E-state index is -5.26. The number of halogens is 3. The van der Waals surface area contributed by atoms with E-state index in [4.69, 9.17) is 30.9 Å². The van der Waals surface area contributed by atoms with Crippen molar-refractivity contribution in [1.82, 2.24) is 20.0 Å². The quantitative estimate of drug-likeness (QED) is 0.0331. The normalized spacial score (nSPS) is 16.2. The van der Waals surface area contributed by atoms with E-state index in [1.807, 2.05) is 40.9 Å². The van der Waals surface area contributed by atoms with Crippen LogP contribution in [0.2, 0.25) is 0 Å². The number of thiazole rings is 1. The van der Waals surface area contributed by atoms with Crippen LogP contribution in [-0.4, -0.2) is 104 Å². The lowest BCUT2D eigenvalue weighted by molar-refractivity contribution is -0.753. The lowest BCUT2D eigenvalue weighted by Crippen LogP contribution is -2.76. The first-order chi connectivity index (χ1) is 24.5. The summed E-state index contributed by atoms with van der Waals surface area (Å²) in [6.07, 6.45) is -1.98. The van der Waals surface area contributed by atoms with E-state index in [0.29, 0.717) is 17.4 Å². The monoisotopic (exact) mass is 794 g/mol. The molecule has 0 bridgehead atoms. The van der Waals surface area contributed by atoms with Crippen molar-refractivity contribution in [3.63, 3.8) is 0 Å². The van der Waals surface area contributed by atoms with Gasteiger partial charge in [0.1, 0.15) is 24.1 Å². The van der Waals surface area contributed by atoms with Gasteiger partial charge >= 0.3 is 18.1 Å². The van der Waals surface area contributed by atoms with E-state index in [1.165, 1.54) is 19.2 Å². The fourth-order valence-corrected chi connectivity index (χ4v) is 5.38. The predicted molar refractivity (Wildman–Crippen MR) is 173 cm³/mol. The second-order valence-electron chi connectivity index (χ2n) is 11.3. The highest BCUT2D eigenvalue weighted by Crippen LogP contribution is 2.33. The third-order valence-electron chi connectivity index (χ3n) is 7.09. The Bertz CT molecular complexity index is 1950. The first kappa shape index (κ1) is 42.0. The summed E-state index contributed by atoms with van der Waals surface area (Å²) in [6.45, 7) is 3.52. The number of nitrogens with one attached hydrogen (secondary N) is 1. The van der Waals surface area contributed by atoms with Crippen molar-refractivity contribution in [1.29, 1.82) is 0 Å². The predicted octanol–water partition coefficient (Wildman–Crippen LogP) is -0.249. The summed E-state index contributed by atoms with van der Waals surface area (Å²) in [4.78, 5) is 55.6. The van der Waals surface area contributed by atoms with Crippen LogP contribution < -0.4 is 26.2 Å². The molecule has 0 spiro atoms. The molecule has 3 aromatic rings. The number of aromatic nitrogens is 3. The SMILES string of the molecule is C[n+]1cc(-c2ccc(OCC(O/N=C(\C(=O)N[C@@H]3C(=O)N(OS(=O)(=O)[O-])C3(C)C)c3csc(N)n3)C(=O)O)cc2)cn1CCCN.O=C(O)C(F)(F)F. The summed E-state index contributed by atoms with van der Waals surface area (Å²) >= 11 is 0.954. The van der Waals surface area contributed by atoms with Gasteiger partial charge in [-0.25, -0.2) is 23.0 Å². The van der Waals surface area contributed by atoms with Gasteiger partial charge in [0.25, 0.3) is 17.9 Å². The van der Waals surface area contributed by atoms with E-state index in [1.54, 1.807) is 12.1 Å². The molecule has 0 radical (unpaired) electrons. The molecule has 20 nitrogen and oxygen atoms in total. The molecule has 53 heavy (non-hydrogen) atoms. The van der Waals surface area contributed by atoms with E-state index < -0.39 is 70.3 Å². The Balaban J connectivity index is 0.000000980. The smallest absolute Gasteiger partial charge is 0.490 e. The summed E-state index contributed by atoms with van der Waals surface area (Å²) in [7, 11) is -3.34. The van der Waals surface area contributed by atoms with Gasteiger partial charge in [-0.3, -0.25) is 9.59 Å². The van der Waals surface area contributed by atoms with Crippen LogP contribution >= 0.6 is 11.3 Å². The largest absolute Gasteiger partial charge is 0.724 e. The van der Waals surface area contributed by atoms with Gasteiger partial charge in [-0.05, 0) is 44.5 Å². The highest BCUT2D eigenvalue weighted by molar-refractivity contribution is 7.80. The number of rotatable bonds is 15. The second kappa shape index (κ2) is 17.0. The number of carbonyl (C=O) groups excluding carboxylic acids is 2. The number of hydroxylamine groups is 2. The summed E-state index contributed by atoms with van der Waals surface area (Å²) in [6, 6.07) is 5.59. The molecule has 3 heterocycles. The van der Waals surface area contributed by atoms with Crippen LogP contribution in [0, 0.1) is 0 Å². The van der Waals surface area contributed by atoms with Crippen LogP contribution in [0.3, 0.4) is 0 Å². The van der Waals surface area contributed by atoms with Gasteiger partial charge < -0.3 is 41.1 Å². The molecule has 1 unspecified atom stereocenters. The Kier molecular flexibility index (Phi) is 13.5. The summed E-state index contributed by atoms with van der Waals surface area (Å²) in [5, 5.41) is 24.6. The molecule has 2 atom stereocenters. The average Bonchev–Trinajstić information content (AvgIpc) is 3.66. The van der Waals surface area contributed by atoms with Crippen LogP contribution in [0.1, 0.15) is 26.0 Å². The minimum Gasteiger partial charge on any atom is -0.724 e. The van der Waals surface area contributed by atoms with Crippen molar-refractivity contribution < 1.29 is 74.1 Å². The Morgan fingerprint density at radius 2 is 1.83 bits per heavy atom. The molecule has 1 saturated heterocycles. The molecule has 2 amide bonds. The van der Waals surface area contributed by atoms with Gasteiger partial charge in [-0.15, -0.1) is 16.0 Å². The third-order valence-corrected chi connectivity index (χ3v) is 8.09. The molecule has 4 rings (SSSR count). The van der Waals surface area contributed by atoms with Crippen molar-refractivity contribution in [3.05, 3.63) is 47.7 Å². The summed E-state index contributed by atoms with van der Waals surface area (Å²) in [5.41, 5.74) is 11.1. The standard InChI is InChI=1S/C26H32N8O10S2.C2HF3O2/c1-26(2)21(23(36)34(26)44-46(39,40)41)30-22(35)20(18-14-45-25(28)29-18)31-43-19(24(37)38)13-42-17-7-5-15(6-8-17)16-11-32(3)33(12-16)10-4-9-27;3-2(4,5)1(6)7/h5-8,11-12,14,19,21H,4,9-10,13,27H2,1-3H3,(H4-,28,29,30,35,37,38,39,40,41);(H,6,7)/b31-20-;/t19?,21-;/m1./s1. The van der Waals surface area contributed by atoms with Crippen molar-refractivity contribution >= 4 is 56.3 Å². The van der Waals surface area contributed by atoms with Crippen molar-refractivity contribution in [2.45, 2.75) is 50.7 Å². The minimum absolute atomic E-state index is 0.0539. The zero-order valence-electron chi connectivity index (χ0n) is 27.8. The topological polar surface area (TPSA) is 295 Å². The molecule has 1 aromatic carbocycles. The lowest BCUT2D eigenvalue weighted by Gasteiger charge is -2.51. The number of benzene rings is 1. The average molecular weight is 795 g/mol. The first-order valence-electron chi connectivity index (χ1n) is 14.8. The van der Waals surface area contributed by atoms with Crippen LogP contribution in [0.4, 0.5) is 18.3 Å². The van der Waals surface area contributed by atoms with E-state index >= 15 is 0 Å². The number of aliphatic carboxylic acids is 2. The van der Waals surface area contributed by atoms with Crippen molar-refractivity contribution in [2.24, 2.45) is 17.9 Å². The number of hydrogen-bond donors (Lipinski definition) is 5. The van der Waals surface area contributed by atoms with Crippen molar-refractivity contribution in [2.75, 3.05) is 18.9 Å². The van der Waals surface area contributed by atoms with Crippen molar-refractivity contribution in [3.8, 4) is 16.9 Å². The maximum atomic E-state index is 13.2. The van der Waals surface area contributed by atoms with Crippen LogP contribution in [0.5, 0.6) is 5.75 Å². The maximum absolute atomic E-state index is 13.2. The zero-order valence-corrected chi connectivity index (χ0v) is 29.5. The molecule has 290 valence electrons. The number of oxime groups is 1. The lowest BCUT2D eigenvalue weighted by atomic mass is 9.84. The number of hydrogen-bond acceptors (Lipinski definition) is 15. The van der Waals surface area contributed by atoms with E-state index in [-0.39, 0.29) is 10.8 Å². The van der Waals surface area contributed by atoms with Crippen LogP contribution in [0.15, 0.2) is 47.2 Å². The maximum Gasteiger partial charge on any atom is 0.490 e. The number of carboxylic acids is 2. The van der Waals surface area contributed by atoms with Crippen LogP contribution in [0.25, 0.3) is 11.1 Å². The molecule has 0 aliphatic carbocycles. The van der Waals surface area contributed by atoms with Gasteiger partial charge in [-0.2, -0.15) is 27.2 Å². The highest BCUT2D eigenvalue weighted by Gasteiger charge is 2.57. The van der Waals surface area contributed by atoms with Gasteiger partial charge in [0.15, 0.2) is 17.9 Å². The number of carboxylic acid groups (broad SMARTS) is 2. The number of nitrogen functional groups attached to an aromatic ring is 1. The second-order valence-corrected chi connectivity index (χ2v) is 13.2. The number of nitrogens with two attached hydrogens (primary N) is 2. The molecule has 1 aliphatic rings. The van der Waals surface area contributed by atoms with E-state index in [0.717, 1.165) is 35.4 Å². The Hall–Kier alpha value is -5.37. The molecular weight excluding hydrogens is 761 g/mol. The fraction of sp³-hybridized carbons (Fsp3) is 0.393. The third kappa shape index (κ3) is 11.3. The summed E-state index contributed by atoms with van der Waals surface area (Å²) in [5.74, 6) is -5.93. The summed E-state index contributed by atoms with van der Waals surface area (Å²) < 4.78 is 78.4. The highest BCUT2D eigenvalue weighted by atomic mass is 32.3. The van der Waals surface area contributed by atoms with E-state index in [2.05, 4.69) is 19.7 Å². The number of amides is 2. The molecule has 7 N–H and O–H groups in total. The molecule has 25 heteroatoms. The number of β-lactam (4-membered cyclic amide) rings is 1. The van der Waals surface area contributed by atoms with Gasteiger partial charge in [0.05, 0.1) is 23.8 Å². The Morgan fingerprint density at radius 3 is 2.32 bits per heavy atom. The number of anilines is 1. The van der Waals surface area contributed by atoms with E-state index in [9.17, 15) is 45.6 Å². The van der Waals surface area contributed by atoms with Gasteiger partial charge in [0.2, 0.25) is 16.6 Å². The Labute approximate surface area is 302 Å². The van der Waals surface area contributed by atoms with Gasteiger partial charge in [0, 0.05) is 5.38 Å². The number of alkyl halides is 3. The number of aryl methyl sites for hydroxylation is 2. The molecular formula is C28H33F3N8O12S2. The van der Waals surface area contributed by atoms with Gasteiger partial charge in [-0.1, -0.05) is 17.3 Å². The molecule has 0 saturated carbocycles. The number of carbonyl (C=O) groups is 4. The first-order valence-corrected chi connectivity index (χ1v) is 17.0. The number of ether oxygens (including phenoxy) is 1. The molecule has 1 aliphatic heterocycles. The fourth-order valence-electron chi connectivity index (χ4n) is 4.38. The van der Waals surface area contributed by atoms with Crippen LogP contribution in [-0.2, 0) is 52.3 Å². The molecule has 2 aromatic heterocycles. The number of nitrogens with zero attached hydrogens (tertiary/aromatic N) is 5. The zero-order chi connectivity index (χ0) is 39.9. The molecule has 1 fully saturated rings. The Morgan fingerprint density at radius 1 is 1.21 bits per heavy atom.